The van der Waals surface area contributed by atoms with Crippen molar-refractivity contribution < 1.29 is 0 Å². The van der Waals surface area contributed by atoms with Gasteiger partial charge in [-0.25, -0.2) is 0 Å². The summed E-state index contributed by atoms with van der Waals surface area (Å²) in [5, 5.41) is 0. The number of aliphatic imine (C=N–C) groups is 1. The van der Waals surface area contributed by atoms with Crippen LogP contribution in [0.3, 0.4) is 0 Å². The van der Waals surface area contributed by atoms with Crippen molar-refractivity contribution in [2.45, 2.75) is 19.8 Å². The first-order valence-electron chi connectivity index (χ1n) is 5.13. The maximum Gasteiger partial charge on any atom is 0.0301 e. The molecule has 1 aromatic carbocycles. The first-order chi connectivity index (χ1) is 7.19. The van der Waals surface area contributed by atoms with Crippen LogP contribution in [-0.2, 0) is 0 Å². The molecule has 0 bridgehead atoms. The third-order valence-corrected chi connectivity index (χ3v) is 2.33. The summed E-state index contributed by atoms with van der Waals surface area (Å²) in [5.41, 5.74) is 8.96. The van der Waals surface area contributed by atoms with Gasteiger partial charge >= 0.3 is 0 Å². The number of rotatable bonds is 3. The molecule has 0 aliphatic heterocycles. The lowest BCUT2D eigenvalue weighted by Gasteiger charge is -2.08. The molecular weight excluding hydrogens is 184 g/mol. The van der Waals surface area contributed by atoms with Crippen molar-refractivity contribution in [1.82, 2.24) is 0 Å². The van der Waals surface area contributed by atoms with Gasteiger partial charge in [0.2, 0.25) is 0 Å². The predicted octanol–water partition coefficient (Wildman–Crippen LogP) is 2.81. The molecule has 2 nitrogen and oxygen atoms in total. The van der Waals surface area contributed by atoms with Gasteiger partial charge < -0.3 is 5.73 Å². The van der Waals surface area contributed by atoms with Crippen LogP contribution in [0.15, 0.2) is 35.5 Å². The molecule has 0 aliphatic rings. The van der Waals surface area contributed by atoms with Crippen molar-refractivity contribution in [2.24, 2.45) is 10.7 Å². The number of benzene rings is 1. The van der Waals surface area contributed by atoms with E-state index in [4.69, 9.17) is 5.73 Å². The average Bonchev–Trinajstić information content (AvgIpc) is 2.26. The molecule has 0 saturated heterocycles. The van der Waals surface area contributed by atoms with Gasteiger partial charge in [0.15, 0.2) is 0 Å². The molecule has 0 atom stereocenters. The fourth-order valence-electron chi connectivity index (χ4n) is 1.43. The minimum atomic E-state index is 0.530. The van der Waals surface area contributed by atoms with E-state index in [9.17, 15) is 0 Å². The number of allylic oxidation sites excluding steroid dienone is 1. The van der Waals surface area contributed by atoms with E-state index in [1.807, 2.05) is 6.07 Å². The van der Waals surface area contributed by atoms with Crippen LogP contribution in [0, 0.1) is 0 Å². The number of nitrogens with two attached hydrogens (primary N) is 1. The van der Waals surface area contributed by atoms with Gasteiger partial charge in [0.1, 0.15) is 0 Å². The Morgan fingerprint density at radius 2 is 2.13 bits per heavy atom. The van der Waals surface area contributed by atoms with Gasteiger partial charge in [0.05, 0.1) is 0 Å². The smallest absolute Gasteiger partial charge is 0.0301 e. The standard InChI is InChI=1S/C13H18N2/c1-10(2)11-5-4-6-12(7-11)13(8-14)9-15-3/h4-10H,14H2,1-3H3/b13-8+,15-9?. The summed E-state index contributed by atoms with van der Waals surface area (Å²) in [4.78, 5) is 3.98. The van der Waals surface area contributed by atoms with E-state index in [1.54, 1.807) is 19.5 Å². The Morgan fingerprint density at radius 1 is 1.40 bits per heavy atom. The Balaban J connectivity index is 3.09. The number of nitrogens with zero attached hydrogens (tertiary/aromatic N) is 1. The van der Waals surface area contributed by atoms with Crippen molar-refractivity contribution in [3.8, 4) is 0 Å². The largest absolute Gasteiger partial charge is 0.404 e. The molecule has 0 radical (unpaired) electrons. The monoisotopic (exact) mass is 202 g/mol. The maximum atomic E-state index is 5.56. The first kappa shape index (κ1) is 11.5. The van der Waals surface area contributed by atoms with Crippen LogP contribution in [0.25, 0.3) is 5.57 Å². The van der Waals surface area contributed by atoms with Gasteiger partial charge in [-0.2, -0.15) is 0 Å². The Kier molecular flexibility index (Phi) is 4.10. The van der Waals surface area contributed by atoms with Crippen molar-refractivity contribution in [3.05, 3.63) is 41.6 Å². The van der Waals surface area contributed by atoms with E-state index in [1.165, 1.54) is 5.56 Å². The van der Waals surface area contributed by atoms with E-state index in [-0.39, 0.29) is 0 Å². The van der Waals surface area contributed by atoms with Crippen LogP contribution in [0.1, 0.15) is 30.9 Å². The predicted molar refractivity (Wildman–Crippen MR) is 67.1 cm³/mol. The highest BCUT2D eigenvalue weighted by Gasteiger charge is 2.02. The quantitative estimate of drug-likeness (QED) is 0.752. The first-order valence-corrected chi connectivity index (χ1v) is 5.13. The molecule has 1 aromatic rings. The van der Waals surface area contributed by atoms with E-state index in [2.05, 4.69) is 37.0 Å². The van der Waals surface area contributed by atoms with Crippen molar-refractivity contribution in [1.29, 1.82) is 0 Å². The molecular formula is C13H18N2. The maximum absolute atomic E-state index is 5.56. The van der Waals surface area contributed by atoms with Gasteiger partial charge in [0, 0.05) is 25.0 Å². The molecule has 2 heteroatoms. The zero-order valence-electron chi connectivity index (χ0n) is 9.57. The highest BCUT2D eigenvalue weighted by molar-refractivity contribution is 6.09. The van der Waals surface area contributed by atoms with Crippen LogP contribution < -0.4 is 5.73 Å². The highest BCUT2D eigenvalue weighted by atomic mass is 14.6. The summed E-state index contributed by atoms with van der Waals surface area (Å²) in [5.74, 6) is 0.530. The van der Waals surface area contributed by atoms with E-state index < -0.39 is 0 Å². The molecule has 0 aliphatic carbocycles. The van der Waals surface area contributed by atoms with Crippen LogP contribution in [-0.4, -0.2) is 13.3 Å². The molecule has 0 fully saturated rings. The molecule has 0 aromatic heterocycles. The zero-order chi connectivity index (χ0) is 11.3. The normalized spacial score (nSPS) is 12.7. The molecule has 0 unspecified atom stereocenters. The third-order valence-electron chi connectivity index (χ3n) is 2.33. The lowest BCUT2D eigenvalue weighted by molar-refractivity contribution is 0.866. The van der Waals surface area contributed by atoms with E-state index >= 15 is 0 Å². The van der Waals surface area contributed by atoms with Gasteiger partial charge in [0.25, 0.3) is 0 Å². The second kappa shape index (κ2) is 5.35. The lowest BCUT2D eigenvalue weighted by Crippen LogP contribution is -1.94. The van der Waals surface area contributed by atoms with Gasteiger partial charge in [-0.15, -0.1) is 0 Å². The summed E-state index contributed by atoms with van der Waals surface area (Å²) in [6.45, 7) is 4.36. The Hall–Kier alpha value is -1.57. The summed E-state index contributed by atoms with van der Waals surface area (Å²) < 4.78 is 0. The lowest BCUT2D eigenvalue weighted by atomic mass is 9.98. The van der Waals surface area contributed by atoms with Gasteiger partial charge in [-0.3, -0.25) is 4.99 Å². The SMILES string of the molecule is CN=C/C(=C\N)c1cccc(C(C)C)c1. The molecule has 0 amide bonds. The van der Waals surface area contributed by atoms with Gasteiger partial charge in [-0.05, 0) is 17.0 Å². The molecule has 0 saturated carbocycles. The van der Waals surface area contributed by atoms with Crippen molar-refractivity contribution in [3.63, 3.8) is 0 Å². The van der Waals surface area contributed by atoms with Crippen LogP contribution in [0.4, 0.5) is 0 Å². The number of hydrogen-bond donors (Lipinski definition) is 1. The topological polar surface area (TPSA) is 38.4 Å². The van der Waals surface area contributed by atoms with Crippen LogP contribution in [0.5, 0.6) is 0 Å². The second-order valence-corrected chi connectivity index (χ2v) is 3.79. The molecule has 1 rings (SSSR count). The summed E-state index contributed by atoms with van der Waals surface area (Å²) in [7, 11) is 1.75. The molecule has 2 N–H and O–H groups in total. The molecule has 0 heterocycles. The van der Waals surface area contributed by atoms with Crippen LogP contribution >= 0.6 is 0 Å². The summed E-state index contributed by atoms with van der Waals surface area (Å²) in [6.07, 6.45) is 3.37. The van der Waals surface area contributed by atoms with Crippen molar-refractivity contribution in [2.75, 3.05) is 7.05 Å². The Morgan fingerprint density at radius 3 is 2.67 bits per heavy atom. The average molecular weight is 202 g/mol. The fourth-order valence-corrected chi connectivity index (χ4v) is 1.43. The second-order valence-electron chi connectivity index (χ2n) is 3.79. The summed E-state index contributed by atoms with van der Waals surface area (Å²) >= 11 is 0. The minimum Gasteiger partial charge on any atom is -0.404 e. The Bertz CT molecular complexity index is 376. The Labute approximate surface area is 91.5 Å². The zero-order valence-corrected chi connectivity index (χ0v) is 9.57. The number of hydrogen-bond acceptors (Lipinski definition) is 2. The van der Waals surface area contributed by atoms with E-state index in [0.717, 1.165) is 11.1 Å². The minimum absolute atomic E-state index is 0.530. The molecule has 80 valence electrons. The van der Waals surface area contributed by atoms with Crippen LogP contribution in [0.2, 0.25) is 0 Å². The third kappa shape index (κ3) is 2.94. The fraction of sp³-hybridized carbons (Fsp3) is 0.308. The summed E-state index contributed by atoms with van der Waals surface area (Å²) in [6, 6.07) is 8.39. The molecule has 0 spiro atoms. The van der Waals surface area contributed by atoms with Crippen molar-refractivity contribution >= 4 is 11.8 Å². The van der Waals surface area contributed by atoms with E-state index in [0.29, 0.717) is 5.92 Å². The van der Waals surface area contributed by atoms with Gasteiger partial charge in [-0.1, -0.05) is 38.1 Å². The molecule has 15 heavy (non-hydrogen) atoms. The highest BCUT2D eigenvalue weighted by Crippen LogP contribution is 2.19.